The summed E-state index contributed by atoms with van der Waals surface area (Å²) in [6.45, 7) is 4.77. The molecule has 3 aromatic rings. The summed E-state index contributed by atoms with van der Waals surface area (Å²) in [5.74, 6) is 0.0820. The first-order chi connectivity index (χ1) is 11.6. The Balaban J connectivity index is 1.58. The molecule has 1 saturated carbocycles. The summed E-state index contributed by atoms with van der Waals surface area (Å²) in [7, 11) is 0. The number of nitrogens with zero attached hydrogens (tertiary/aromatic N) is 3. The van der Waals surface area contributed by atoms with Gasteiger partial charge in [-0.05, 0) is 55.8 Å². The number of hydrogen-bond donors (Lipinski definition) is 1. The molecule has 124 valence electrons. The van der Waals surface area contributed by atoms with Gasteiger partial charge in [0.1, 0.15) is 0 Å². The third-order valence-corrected chi connectivity index (χ3v) is 4.60. The zero-order valence-electron chi connectivity index (χ0n) is 14.1. The zero-order valence-corrected chi connectivity index (χ0v) is 14.1. The molecule has 0 atom stereocenters. The molecule has 0 unspecified atom stereocenters. The number of carbonyl (C=O) groups is 1. The first-order valence-electron chi connectivity index (χ1n) is 8.53. The van der Waals surface area contributed by atoms with Crippen molar-refractivity contribution < 1.29 is 4.79 Å². The number of amides is 1. The second kappa shape index (κ2) is 5.82. The van der Waals surface area contributed by atoms with Crippen LogP contribution in [0, 0.1) is 0 Å². The average molecular weight is 322 g/mol. The van der Waals surface area contributed by atoms with Gasteiger partial charge in [0.05, 0.1) is 11.8 Å². The Labute approximate surface area is 141 Å². The molecule has 5 nitrogen and oxygen atoms in total. The predicted molar refractivity (Wildman–Crippen MR) is 93.8 cm³/mol. The van der Waals surface area contributed by atoms with Crippen molar-refractivity contribution in [3.63, 3.8) is 0 Å². The van der Waals surface area contributed by atoms with Crippen molar-refractivity contribution >= 4 is 16.8 Å². The van der Waals surface area contributed by atoms with E-state index in [9.17, 15) is 4.79 Å². The molecular formula is C19H22N4O. The largest absolute Gasteiger partial charge is 0.361 e. The molecule has 0 bridgehead atoms. The van der Waals surface area contributed by atoms with E-state index >= 15 is 0 Å². The molecule has 0 aliphatic heterocycles. The molecule has 1 amide bonds. The van der Waals surface area contributed by atoms with E-state index in [-0.39, 0.29) is 11.9 Å². The van der Waals surface area contributed by atoms with Gasteiger partial charge in [-0.15, -0.1) is 0 Å². The standard InChI is InChI=1S/C19H22N4O/c1-13(2)23-12-16(10-21-23)19(24)22(17-4-5-17)11-14-3-6-18-15(9-14)7-8-20-18/h3,6-10,12-13,17,20H,4-5,11H2,1-2H3. The van der Waals surface area contributed by atoms with E-state index in [1.54, 1.807) is 6.20 Å². The van der Waals surface area contributed by atoms with Gasteiger partial charge in [-0.2, -0.15) is 5.10 Å². The third kappa shape index (κ3) is 2.82. The van der Waals surface area contributed by atoms with Crippen LogP contribution in [-0.2, 0) is 6.54 Å². The quantitative estimate of drug-likeness (QED) is 0.778. The van der Waals surface area contributed by atoms with E-state index in [0.717, 1.165) is 18.4 Å². The molecule has 2 aromatic heterocycles. The van der Waals surface area contributed by atoms with Crippen molar-refractivity contribution in [2.75, 3.05) is 0 Å². The molecule has 1 aliphatic carbocycles. The molecule has 1 aromatic carbocycles. The van der Waals surface area contributed by atoms with Crippen LogP contribution in [0.2, 0.25) is 0 Å². The molecule has 24 heavy (non-hydrogen) atoms. The molecular weight excluding hydrogens is 300 g/mol. The van der Waals surface area contributed by atoms with Crippen LogP contribution in [0.15, 0.2) is 42.9 Å². The minimum atomic E-state index is 0.0820. The predicted octanol–water partition coefficient (Wildman–Crippen LogP) is 3.75. The van der Waals surface area contributed by atoms with Crippen LogP contribution < -0.4 is 0 Å². The molecule has 0 saturated heterocycles. The van der Waals surface area contributed by atoms with Crippen LogP contribution in [0.25, 0.3) is 10.9 Å². The molecule has 1 fully saturated rings. The Morgan fingerprint density at radius 1 is 1.38 bits per heavy atom. The summed E-state index contributed by atoms with van der Waals surface area (Å²) in [5, 5.41) is 5.49. The highest BCUT2D eigenvalue weighted by atomic mass is 16.2. The number of fused-ring (bicyclic) bond motifs is 1. The lowest BCUT2D eigenvalue weighted by Crippen LogP contribution is -2.32. The molecule has 0 radical (unpaired) electrons. The number of aromatic nitrogens is 3. The van der Waals surface area contributed by atoms with Crippen molar-refractivity contribution in [3.8, 4) is 0 Å². The van der Waals surface area contributed by atoms with Crippen molar-refractivity contribution in [1.82, 2.24) is 19.7 Å². The number of carbonyl (C=O) groups excluding carboxylic acids is 1. The molecule has 1 aliphatic rings. The lowest BCUT2D eigenvalue weighted by Gasteiger charge is -2.22. The van der Waals surface area contributed by atoms with Crippen LogP contribution in [0.5, 0.6) is 0 Å². The Hall–Kier alpha value is -2.56. The first-order valence-corrected chi connectivity index (χ1v) is 8.53. The van der Waals surface area contributed by atoms with E-state index in [4.69, 9.17) is 0 Å². The van der Waals surface area contributed by atoms with Gasteiger partial charge >= 0.3 is 0 Å². The monoisotopic (exact) mass is 322 g/mol. The van der Waals surface area contributed by atoms with Gasteiger partial charge < -0.3 is 9.88 Å². The molecule has 2 heterocycles. The lowest BCUT2D eigenvalue weighted by atomic mass is 10.1. The van der Waals surface area contributed by atoms with Crippen LogP contribution in [-0.4, -0.2) is 31.6 Å². The van der Waals surface area contributed by atoms with Gasteiger partial charge in [-0.1, -0.05) is 6.07 Å². The summed E-state index contributed by atoms with van der Waals surface area (Å²) in [6, 6.07) is 9.02. The van der Waals surface area contributed by atoms with Gasteiger partial charge in [0.15, 0.2) is 0 Å². The maximum atomic E-state index is 12.9. The van der Waals surface area contributed by atoms with Crippen molar-refractivity contribution in [1.29, 1.82) is 0 Å². The Kier molecular flexibility index (Phi) is 3.63. The van der Waals surface area contributed by atoms with Gasteiger partial charge in [0, 0.05) is 36.5 Å². The normalized spacial score (nSPS) is 14.5. The van der Waals surface area contributed by atoms with Crippen LogP contribution in [0.3, 0.4) is 0 Å². The van der Waals surface area contributed by atoms with Gasteiger partial charge in [0.2, 0.25) is 0 Å². The van der Waals surface area contributed by atoms with Gasteiger partial charge in [0.25, 0.3) is 5.91 Å². The van der Waals surface area contributed by atoms with Crippen LogP contribution in [0.4, 0.5) is 0 Å². The number of H-pyrrole nitrogens is 1. The first kappa shape index (κ1) is 15.0. The number of hydrogen-bond acceptors (Lipinski definition) is 2. The minimum Gasteiger partial charge on any atom is -0.361 e. The van der Waals surface area contributed by atoms with Crippen molar-refractivity contribution in [3.05, 3.63) is 54.0 Å². The number of aromatic amines is 1. The fourth-order valence-corrected chi connectivity index (χ4v) is 3.05. The fourth-order valence-electron chi connectivity index (χ4n) is 3.05. The van der Waals surface area contributed by atoms with Crippen LogP contribution in [0.1, 0.15) is 48.7 Å². The highest BCUT2D eigenvalue weighted by Gasteiger charge is 2.33. The van der Waals surface area contributed by atoms with E-state index < -0.39 is 0 Å². The Morgan fingerprint density at radius 2 is 2.21 bits per heavy atom. The lowest BCUT2D eigenvalue weighted by molar-refractivity contribution is 0.0730. The van der Waals surface area contributed by atoms with Gasteiger partial charge in [-0.3, -0.25) is 9.48 Å². The zero-order chi connectivity index (χ0) is 16.7. The minimum absolute atomic E-state index is 0.0820. The number of rotatable bonds is 5. The molecule has 1 N–H and O–H groups in total. The maximum absolute atomic E-state index is 12.9. The van der Waals surface area contributed by atoms with E-state index in [1.165, 1.54) is 10.9 Å². The molecule has 4 rings (SSSR count). The average Bonchev–Trinajstić information content (AvgIpc) is 3.11. The summed E-state index contributed by atoms with van der Waals surface area (Å²) in [6.07, 6.45) is 7.68. The van der Waals surface area contributed by atoms with Gasteiger partial charge in [-0.25, -0.2) is 0 Å². The topological polar surface area (TPSA) is 53.9 Å². The second-order valence-electron chi connectivity index (χ2n) is 6.87. The maximum Gasteiger partial charge on any atom is 0.257 e. The molecule has 0 spiro atoms. The van der Waals surface area contributed by atoms with E-state index in [2.05, 4.69) is 48.2 Å². The fraction of sp³-hybridized carbons (Fsp3) is 0.368. The van der Waals surface area contributed by atoms with Crippen molar-refractivity contribution in [2.45, 2.75) is 45.3 Å². The summed E-state index contributed by atoms with van der Waals surface area (Å²) in [4.78, 5) is 18.1. The SMILES string of the molecule is CC(C)n1cc(C(=O)N(Cc2ccc3[nH]ccc3c2)C2CC2)cn1. The highest BCUT2D eigenvalue weighted by molar-refractivity contribution is 5.94. The van der Waals surface area contributed by atoms with E-state index in [1.807, 2.05) is 22.0 Å². The number of nitrogens with one attached hydrogen (secondary N) is 1. The Morgan fingerprint density at radius 3 is 2.92 bits per heavy atom. The third-order valence-electron chi connectivity index (χ3n) is 4.60. The summed E-state index contributed by atoms with van der Waals surface area (Å²) in [5.41, 5.74) is 2.97. The smallest absolute Gasteiger partial charge is 0.257 e. The van der Waals surface area contributed by atoms with E-state index in [0.29, 0.717) is 18.2 Å². The summed E-state index contributed by atoms with van der Waals surface area (Å²) < 4.78 is 1.84. The van der Waals surface area contributed by atoms with Crippen LogP contribution >= 0.6 is 0 Å². The van der Waals surface area contributed by atoms with Crippen molar-refractivity contribution in [2.24, 2.45) is 0 Å². The molecule has 5 heteroatoms. The second-order valence-corrected chi connectivity index (χ2v) is 6.87. The highest BCUT2D eigenvalue weighted by Crippen LogP contribution is 2.30. The number of benzene rings is 1. The summed E-state index contributed by atoms with van der Waals surface area (Å²) >= 11 is 0. The Bertz CT molecular complexity index is 872.